The van der Waals surface area contributed by atoms with E-state index in [2.05, 4.69) is 10.3 Å². The number of benzene rings is 1. The van der Waals surface area contributed by atoms with Gasteiger partial charge in [-0.1, -0.05) is 11.6 Å². The SMILES string of the molecule is CS(=O)(=O)Nc1c(F)cc(CCNC(=O)c2csc(Cl)n2)cc1F. The van der Waals surface area contributed by atoms with Crippen molar-refractivity contribution in [2.75, 3.05) is 17.5 Å². The van der Waals surface area contributed by atoms with Crippen LogP contribution in [-0.4, -0.2) is 32.1 Å². The monoisotopic (exact) mass is 395 g/mol. The van der Waals surface area contributed by atoms with E-state index >= 15 is 0 Å². The second-order valence-electron chi connectivity index (χ2n) is 4.80. The Labute approximate surface area is 145 Å². The van der Waals surface area contributed by atoms with Gasteiger partial charge in [-0.2, -0.15) is 0 Å². The number of rotatable bonds is 6. The van der Waals surface area contributed by atoms with Crippen molar-refractivity contribution in [1.82, 2.24) is 10.3 Å². The molecule has 11 heteroatoms. The number of thiazole rings is 1. The molecule has 0 atom stereocenters. The molecule has 0 aliphatic rings. The molecule has 0 unspecified atom stereocenters. The van der Waals surface area contributed by atoms with Crippen molar-refractivity contribution in [1.29, 1.82) is 0 Å². The van der Waals surface area contributed by atoms with Crippen LogP contribution in [0.3, 0.4) is 0 Å². The van der Waals surface area contributed by atoms with Crippen LogP contribution >= 0.6 is 22.9 Å². The van der Waals surface area contributed by atoms with Gasteiger partial charge in [0.05, 0.1) is 6.26 Å². The van der Waals surface area contributed by atoms with E-state index in [0.717, 1.165) is 29.7 Å². The molecule has 0 bridgehead atoms. The van der Waals surface area contributed by atoms with Crippen LogP contribution in [0.5, 0.6) is 0 Å². The molecular weight excluding hydrogens is 384 g/mol. The maximum absolute atomic E-state index is 13.8. The van der Waals surface area contributed by atoms with Gasteiger partial charge in [0.25, 0.3) is 5.91 Å². The summed E-state index contributed by atoms with van der Waals surface area (Å²) in [6, 6.07) is 2.00. The van der Waals surface area contributed by atoms with Gasteiger partial charge in [-0.3, -0.25) is 9.52 Å². The van der Waals surface area contributed by atoms with Crippen LogP contribution in [0.2, 0.25) is 4.47 Å². The molecule has 2 aromatic rings. The van der Waals surface area contributed by atoms with Crippen LogP contribution in [0.4, 0.5) is 14.5 Å². The summed E-state index contributed by atoms with van der Waals surface area (Å²) in [5.41, 5.74) is -0.307. The van der Waals surface area contributed by atoms with E-state index in [4.69, 9.17) is 11.6 Å². The predicted octanol–water partition coefficient (Wildman–Crippen LogP) is 2.42. The second kappa shape index (κ2) is 7.41. The molecule has 1 amide bonds. The van der Waals surface area contributed by atoms with Crippen molar-refractivity contribution in [2.45, 2.75) is 6.42 Å². The van der Waals surface area contributed by atoms with Gasteiger partial charge in [0.15, 0.2) is 16.1 Å². The van der Waals surface area contributed by atoms with Crippen molar-refractivity contribution in [2.24, 2.45) is 0 Å². The van der Waals surface area contributed by atoms with Crippen molar-refractivity contribution in [3.8, 4) is 0 Å². The summed E-state index contributed by atoms with van der Waals surface area (Å²) in [6.07, 6.45) is 0.941. The predicted molar refractivity (Wildman–Crippen MR) is 88.0 cm³/mol. The maximum Gasteiger partial charge on any atom is 0.270 e. The molecule has 0 aliphatic carbocycles. The molecule has 0 fully saturated rings. The lowest BCUT2D eigenvalue weighted by atomic mass is 10.1. The molecule has 2 N–H and O–H groups in total. The minimum absolute atomic E-state index is 0.117. The van der Waals surface area contributed by atoms with Gasteiger partial charge in [0, 0.05) is 11.9 Å². The number of hydrogen-bond donors (Lipinski definition) is 2. The van der Waals surface area contributed by atoms with Crippen LogP contribution in [0, 0.1) is 11.6 Å². The lowest BCUT2D eigenvalue weighted by Gasteiger charge is -2.09. The van der Waals surface area contributed by atoms with Gasteiger partial charge < -0.3 is 5.32 Å². The van der Waals surface area contributed by atoms with Crippen molar-refractivity contribution >= 4 is 44.6 Å². The normalized spacial score (nSPS) is 11.3. The zero-order valence-electron chi connectivity index (χ0n) is 12.3. The molecule has 2 rings (SSSR count). The van der Waals surface area contributed by atoms with Crippen molar-refractivity contribution in [3.63, 3.8) is 0 Å². The van der Waals surface area contributed by atoms with Gasteiger partial charge in [0.1, 0.15) is 11.4 Å². The highest BCUT2D eigenvalue weighted by Crippen LogP contribution is 2.22. The Morgan fingerprint density at radius 2 is 1.96 bits per heavy atom. The van der Waals surface area contributed by atoms with E-state index in [-0.39, 0.29) is 28.7 Å². The summed E-state index contributed by atoms with van der Waals surface area (Å²) in [5.74, 6) is -2.52. The number of nitrogens with zero attached hydrogens (tertiary/aromatic N) is 1. The fourth-order valence-electron chi connectivity index (χ4n) is 1.82. The van der Waals surface area contributed by atoms with E-state index in [1.54, 1.807) is 4.72 Å². The summed E-state index contributed by atoms with van der Waals surface area (Å²) in [7, 11) is -3.80. The van der Waals surface area contributed by atoms with E-state index in [0.29, 0.717) is 0 Å². The van der Waals surface area contributed by atoms with Crippen molar-refractivity contribution in [3.05, 3.63) is 44.9 Å². The highest BCUT2D eigenvalue weighted by Gasteiger charge is 2.15. The van der Waals surface area contributed by atoms with Crippen LogP contribution < -0.4 is 10.0 Å². The summed E-state index contributed by atoms with van der Waals surface area (Å²) in [6.45, 7) is 0.117. The van der Waals surface area contributed by atoms with Crippen LogP contribution in [0.1, 0.15) is 16.1 Å². The first-order valence-electron chi connectivity index (χ1n) is 6.50. The highest BCUT2D eigenvalue weighted by molar-refractivity contribution is 7.92. The average Bonchev–Trinajstić information content (AvgIpc) is 2.88. The first-order valence-corrected chi connectivity index (χ1v) is 9.65. The fourth-order valence-corrected chi connectivity index (χ4v) is 3.13. The minimum Gasteiger partial charge on any atom is -0.350 e. The Bertz CT molecular complexity index is 848. The molecule has 1 aromatic heterocycles. The molecule has 0 saturated heterocycles. The molecule has 0 aliphatic heterocycles. The van der Waals surface area contributed by atoms with Gasteiger partial charge in [0.2, 0.25) is 10.0 Å². The first kappa shape index (κ1) is 18.6. The Kier molecular flexibility index (Phi) is 5.73. The van der Waals surface area contributed by atoms with Gasteiger partial charge in [-0.05, 0) is 24.1 Å². The number of halogens is 3. The molecule has 0 radical (unpaired) electrons. The highest BCUT2D eigenvalue weighted by atomic mass is 35.5. The Balaban J connectivity index is 1.99. The summed E-state index contributed by atoms with van der Waals surface area (Å²) >= 11 is 6.74. The molecule has 1 aromatic carbocycles. The number of aromatic nitrogens is 1. The summed E-state index contributed by atoms with van der Waals surface area (Å²) in [4.78, 5) is 15.5. The zero-order valence-corrected chi connectivity index (χ0v) is 14.7. The standard InChI is InChI=1S/C13H12ClF2N3O3S2/c1-24(21,22)19-11-8(15)4-7(5-9(11)16)2-3-17-12(20)10-6-23-13(14)18-10/h4-6,19H,2-3H2,1H3,(H,17,20). The number of sulfonamides is 1. The van der Waals surface area contributed by atoms with Crippen LogP contribution in [0.15, 0.2) is 17.5 Å². The number of carbonyl (C=O) groups excluding carboxylic acids is 1. The quantitative estimate of drug-likeness (QED) is 0.786. The smallest absolute Gasteiger partial charge is 0.270 e. The van der Waals surface area contributed by atoms with Gasteiger partial charge in [-0.25, -0.2) is 22.2 Å². The third kappa shape index (κ3) is 5.11. The molecule has 0 saturated carbocycles. The summed E-state index contributed by atoms with van der Waals surface area (Å²) in [5, 5.41) is 4.03. The number of anilines is 1. The largest absolute Gasteiger partial charge is 0.350 e. The van der Waals surface area contributed by atoms with E-state index in [1.807, 2.05) is 0 Å². The molecule has 0 spiro atoms. The van der Waals surface area contributed by atoms with Gasteiger partial charge in [-0.15, -0.1) is 11.3 Å². The third-order valence-corrected chi connectivity index (χ3v) is 4.35. The Hall–Kier alpha value is -1.78. The summed E-state index contributed by atoms with van der Waals surface area (Å²) < 4.78 is 51.8. The number of amides is 1. The first-order chi connectivity index (χ1) is 11.2. The van der Waals surface area contributed by atoms with Crippen molar-refractivity contribution < 1.29 is 22.0 Å². The minimum atomic E-state index is -3.80. The lowest BCUT2D eigenvalue weighted by molar-refractivity contribution is 0.0950. The molecule has 6 nitrogen and oxygen atoms in total. The third-order valence-electron chi connectivity index (χ3n) is 2.80. The fraction of sp³-hybridized carbons (Fsp3) is 0.231. The number of hydrogen-bond acceptors (Lipinski definition) is 5. The van der Waals surface area contributed by atoms with Gasteiger partial charge >= 0.3 is 0 Å². The average molecular weight is 396 g/mol. The lowest BCUT2D eigenvalue weighted by Crippen LogP contribution is -2.26. The number of nitrogens with one attached hydrogen (secondary N) is 2. The topological polar surface area (TPSA) is 88.2 Å². The Morgan fingerprint density at radius 1 is 1.33 bits per heavy atom. The van der Waals surface area contributed by atoms with E-state index in [1.165, 1.54) is 5.38 Å². The Morgan fingerprint density at radius 3 is 2.46 bits per heavy atom. The zero-order chi connectivity index (χ0) is 17.9. The maximum atomic E-state index is 13.8. The molecule has 24 heavy (non-hydrogen) atoms. The molecular formula is C13H12ClF2N3O3S2. The second-order valence-corrected chi connectivity index (χ2v) is 7.99. The van der Waals surface area contributed by atoms with E-state index in [9.17, 15) is 22.0 Å². The van der Waals surface area contributed by atoms with E-state index < -0.39 is 33.3 Å². The van der Waals surface area contributed by atoms with Crippen LogP contribution in [-0.2, 0) is 16.4 Å². The number of carbonyl (C=O) groups is 1. The molecule has 1 heterocycles. The molecule has 130 valence electrons. The van der Waals surface area contributed by atoms with Crippen LogP contribution in [0.25, 0.3) is 0 Å².